The fourth-order valence-electron chi connectivity index (χ4n) is 4.77. The first-order valence-electron chi connectivity index (χ1n) is 7.99. The number of aliphatic hydroxyl groups excluding tert-OH is 5. The predicted octanol–water partition coefficient (Wildman–Crippen LogP) is -3.03. The van der Waals surface area contributed by atoms with Gasteiger partial charge >= 0.3 is 0 Å². The Morgan fingerprint density at radius 1 is 1.00 bits per heavy atom. The van der Waals surface area contributed by atoms with Gasteiger partial charge in [0.05, 0.1) is 23.6 Å². The lowest BCUT2D eigenvalue weighted by molar-refractivity contribution is -0.228. The van der Waals surface area contributed by atoms with Crippen LogP contribution in [-0.4, -0.2) is 104 Å². The zero-order valence-electron chi connectivity index (χ0n) is 13.5. The Bertz CT molecular complexity index is 460. The average molecular weight is 330 g/mol. The molecule has 0 aliphatic carbocycles. The molecule has 0 saturated carbocycles. The SMILES string of the molecule is CC12CN3CC(C)(CN(C1)C3[C@H](O)[C@H](O)[C@@H](O)[C@@H](O)CO)C2=O. The normalized spacial score (nSPS) is 47.4. The van der Waals surface area contributed by atoms with Gasteiger partial charge in [0, 0.05) is 26.2 Å². The fraction of sp³-hybridized carbons (Fsp3) is 0.933. The number of ketones is 1. The van der Waals surface area contributed by atoms with Crippen molar-refractivity contribution in [2.45, 2.75) is 44.4 Å². The van der Waals surface area contributed by atoms with E-state index >= 15 is 0 Å². The Kier molecular flexibility index (Phi) is 4.08. The van der Waals surface area contributed by atoms with Crippen LogP contribution in [-0.2, 0) is 4.79 Å². The van der Waals surface area contributed by atoms with Crippen molar-refractivity contribution < 1.29 is 30.3 Å². The summed E-state index contributed by atoms with van der Waals surface area (Å²) in [6.07, 6.45) is -6.57. The van der Waals surface area contributed by atoms with Crippen LogP contribution in [0.2, 0.25) is 0 Å². The van der Waals surface area contributed by atoms with Gasteiger partial charge in [-0.05, 0) is 0 Å². The molecule has 132 valence electrons. The second-order valence-corrected chi connectivity index (χ2v) is 7.90. The third-order valence-corrected chi connectivity index (χ3v) is 5.64. The number of piperidine rings is 2. The molecule has 0 aromatic carbocycles. The van der Waals surface area contributed by atoms with Crippen molar-refractivity contribution in [2.24, 2.45) is 10.8 Å². The number of rotatable bonds is 5. The van der Waals surface area contributed by atoms with E-state index in [1.165, 1.54) is 0 Å². The minimum atomic E-state index is -1.64. The summed E-state index contributed by atoms with van der Waals surface area (Å²) in [4.78, 5) is 16.5. The van der Waals surface area contributed by atoms with Gasteiger partial charge in [0.2, 0.25) is 0 Å². The third kappa shape index (κ3) is 2.44. The summed E-state index contributed by atoms with van der Waals surface area (Å²) < 4.78 is 0. The van der Waals surface area contributed by atoms with Gasteiger partial charge < -0.3 is 25.5 Å². The minimum absolute atomic E-state index is 0.252. The van der Waals surface area contributed by atoms with Crippen LogP contribution in [0, 0.1) is 10.8 Å². The van der Waals surface area contributed by atoms with E-state index in [9.17, 15) is 25.2 Å². The fourth-order valence-corrected chi connectivity index (χ4v) is 4.77. The van der Waals surface area contributed by atoms with Gasteiger partial charge in [-0.25, -0.2) is 0 Å². The van der Waals surface area contributed by atoms with Crippen molar-refractivity contribution >= 4 is 5.78 Å². The molecule has 4 heterocycles. The number of hydrogen-bond acceptors (Lipinski definition) is 8. The Morgan fingerprint density at radius 3 is 1.83 bits per heavy atom. The first-order valence-corrected chi connectivity index (χ1v) is 7.99. The summed E-state index contributed by atoms with van der Waals surface area (Å²) in [5.41, 5.74) is -0.953. The van der Waals surface area contributed by atoms with E-state index in [1.54, 1.807) is 0 Å². The van der Waals surface area contributed by atoms with E-state index < -0.39 is 48.0 Å². The molecule has 0 amide bonds. The quantitative estimate of drug-likeness (QED) is 0.361. The molecule has 5 N–H and O–H groups in total. The van der Waals surface area contributed by atoms with Crippen molar-refractivity contribution in [3.8, 4) is 0 Å². The number of nitrogens with zero attached hydrogens (tertiary/aromatic N) is 2. The number of aliphatic hydroxyl groups is 5. The number of hydrogen-bond donors (Lipinski definition) is 5. The molecule has 0 radical (unpaired) electrons. The molecule has 8 heteroatoms. The standard InChI is InChI=1S/C15H26N2O6/c1-14-4-16-6-15(2,13(14)23)7-17(5-14)12(16)11(22)10(21)9(20)8(19)3-18/h8-12,18-22H,3-7H2,1-2H3/t8-,9-,10+,11+,12?,14?,15?/m0/s1. The summed E-state index contributed by atoms with van der Waals surface area (Å²) in [6.45, 7) is 5.17. The molecule has 8 nitrogen and oxygen atoms in total. The third-order valence-electron chi connectivity index (χ3n) is 5.64. The molecular formula is C15H26N2O6. The molecule has 4 saturated heterocycles. The van der Waals surface area contributed by atoms with Gasteiger partial charge in [-0.2, -0.15) is 0 Å². The van der Waals surface area contributed by atoms with Crippen molar-refractivity contribution in [1.82, 2.24) is 9.80 Å². The largest absolute Gasteiger partial charge is 0.394 e. The summed E-state index contributed by atoms with van der Waals surface area (Å²) in [5.74, 6) is 0.252. The van der Waals surface area contributed by atoms with Crippen LogP contribution >= 0.6 is 0 Å². The van der Waals surface area contributed by atoms with Gasteiger partial charge in [-0.3, -0.25) is 14.6 Å². The van der Waals surface area contributed by atoms with Crippen LogP contribution in [0.5, 0.6) is 0 Å². The molecule has 4 aliphatic rings. The van der Waals surface area contributed by atoms with E-state index in [0.717, 1.165) is 0 Å². The molecule has 4 fully saturated rings. The monoisotopic (exact) mass is 330 g/mol. The molecule has 23 heavy (non-hydrogen) atoms. The lowest BCUT2D eigenvalue weighted by atomic mass is 9.61. The number of carbonyl (C=O) groups excluding carboxylic acids is 1. The second kappa shape index (κ2) is 5.45. The van der Waals surface area contributed by atoms with Crippen molar-refractivity contribution in [3.63, 3.8) is 0 Å². The highest BCUT2D eigenvalue weighted by Gasteiger charge is 2.63. The smallest absolute Gasteiger partial charge is 0.149 e. The molecular weight excluding hydrogens is 304 g/mol. The molecule has 0 spiro atoms. The van der Waals surface area contributed by atoms with E-state index in [2.05, 4.69) is 0 Å². The van der Waals surface area contributed by atoms with Crippen LogP contribution < -0.4 is 0 Å². The number of carbonyl (C=O) groups is 1. The maximum Gasteiger partial charge on any atom is 0.149 e. The molecule has 0 aromatic heterocycles. The molecule has 4 rings (SSSR count). The maximum atomic E-state index is 12.6. The summed E-state index contributed by atoms with van der Waals surface area (Å²) >= 11 is 0. The van der Waals surface area contributed by atoms with Crippen LogP contribution in [0.25, 0.3) is 0 Å². The Morgan fingerprint density at radius 2 is 1.43 bits per heavy atom. The molecule has 0 aromatic rings. The zero-order chi connectivity index (χ0) is 17.2. The lowest BCUT2D eigenvalue weighted by Crippen LogP contribution is -2.80. The van der Waals surface area contributed by atoms with E-state index in [-0.39, 0.29) is 5.78 Å². The zero-order valence-corrected chi connectivity index (χ0v) is 13.5. The van der Waals surface area contributed by atoms with Crippen molar-refractivity contribution in [2.75, 3.05) is 32.8 Å². The molecule has 0 unspecified atom stereocenters. The van der Waals surface area contributed by atoms with Gasteiger partial charge in [0.15, 0.2) is 0 Å². The topological polar surface area (TPSA) is 125 Å². The van der Waals surface area contributed by atoms with Gasteiger partial charge in [-0.15, -0.1) is 0 Å². The van der Waals surface area contributed by atoms with E-state index in [0.29, 0.717) is 26.2 Å². The van der Waals surface area contributed by atoms with E-state index in [4.69, 9.17) is 5.11 Å². The second-order valence-electron chi connectivity index (χ2n) is 7.90. The van der Waals surface area contributed by atoms with Crippen molar-refractivity contribution in [1.29, 1.82) is 0 Å². The highest BCUT2D eigenvalue weighted by molar-refractivity contribution is 5.92. The summed E-state index contributed by atoms with van der Waals surface area (Å²) in [5, 5.41) is 48.9. The number of Topliss-reactive ketones (excluding diaryl/α,β-unsaturated/α-hetero) is 1. The summed E-state index contributed by atoms with van der Waals surface area (Å²) in [7, 11) is 0. The lowest BCUT2D eigenvalue weighted by Gasteiger charge is -2.65. The van der Waals surface area contributed by atoms with Crippen LogP contribution in [0.3, 0.4) is 0 Å². The van der Waals surface area contributed by atoms with Gasteiger partial charge in [-0.1, -0.05) is 13.8 Å². The Labute approximate surface area is 134 Å². The predicted molar refractivity (Wildman–Crippen MR) is 79.3 cm³/mol. The Hall–Kier alpha value is -0.610. The molecule has 4 bridgehead atoms. The van der Waals surface area contributed by atoms with Crippen LogP contribution in [0.1, 0.15) is 13.8 Å². The highest BCUT2D eigenvalue weighted by atomic mass is 16.4. The van der Waals surface area contributed by atoms with Crippen molar-refractivity contribution in [3.05, 3.63) is 0 Å². The first kappa shape index (κ1) is 17.2. The highest BCUT2D eigenvalue weighted by Crippen LogP contribution is 2.48. The van der Waals surface area contributed by atoms with E-state index in [1.807, 2.05) is 23.6 Å². The average Bonchev–Trinajstić information content (AvgIpc) is 2.48. The van der Waals surface area contributed by atoms with Crippen LogP contribution in [0.4, 0.5) is 0 Å². The molecule has 4 atom stereocenters. The molecule has 4 aliphatic heterocycles. The summed E-state index contributed by atoms with van der Waals surface area (Å²) in [6, 6.07) is 0. The maximum absolute atomic E-state index is 12.6. The van der Waals surface area contributed by atoms with Gasteiger partial charge in [0.1, 0.15) is 30.2 Å². The minimum Gasteiger partial charge on any atom is -0.394 e. The Balaban J connectivity index is 1.80. The van der Waals surface area contributed by atoms with Gasteiger partial charge in [0.25, 0.3) is 0 Å². The first-order chi connectivity index (χ1) is 10.6. The van der Waals surface area contributed by atoms with Crippen LogP contribution in [0.15, 0.2) is 0 Å².